The molecule has 1 aliphatic heterocycles. The van der Waals surface area contributed by atoms with Gasteiger partial charge in [0.1, 0.15) is 11.6 Å². The van der Waals surface area contributed by atoms with Gasteiger partial charge in [-0.25, -0.2) is 0 Å². The highest BCUT2D eigenvalue weighted by Crippen LogP contribution is 2.28. The van der Waals surface area contributed by atoms with Crippen molar-refractivity contribution in [1.82, 2.24) is 25.0 Å². The Bertz CT molecular complexity index is 581. The zero-order chi connectivity index (χ0) is 18.2. The van der Waals surface area contributed by atoms with Crippen LogP contribution >= 0.6 is 0 Å². The van der Waals surface area contributed by atoms with Gasteiger partial charge in [0.2, 0.25) is 0 Å². The van der Waals surface area contributed by atoms with E-state index in [1.165, 1.54) is 37.9 Å². The monoisotopic (exact) mass is 362 g/mol. The quantitative estimate of drug-likeness (QED) is 0.413. The van der Waals surface area contributed by atoms with Crippen LogP contribution in [0.3, 0.4) is 0 Å². The van der Waals surface area contributed by atoms with Crippen molar-refractivity contribution >= 4 is 5.96 Å². The van der Waals surface area contributed by atoms with Gasteiger partial charge in [-0.2, -0.15) is 0 Å². The van der Waals surface area contributed by atoms with Crippen LogP contribution in [0.4, 0.5) is 0 Å². The van der Waals surface area contributed by atoms with Crippen LogP contribution in [0, 0.1) is 5.92 Å². The predicted molar refractivity (Wildman–Crippen MR) is 103 cm³/mol. The number of aromatic nitrogens is 3. The van der Waals surface area contributed by atoms with Gasteiger partial charge in [0.05, 0.1) is 6.61 Å². The van der Waals surface area contributed by atoms with E-state index in [1.807, 2.05) is 7.05 Å². The van der Waals surface area contributed by atoms with Crippen LogP contribution in [0.25, 0.3) is 0 Å². The maximum atomic E-state index is 5.72. The van der Waals surface area contributed by atoms with Crippen LogP contribution in [0.1, 0.15) is 50.2 Å². The minimum atomic E-state index is 0.763. The number of guanidine groups is 1. The van der Waals surface area contributed by atoms with Crippen molar-refractivity contribution < 1.29 is 4.74 Å². The van der Waals surface area contributed by atoms with Crippen LogP contribution in [0.15, 0.2) is 4.99 Å². The minimum absolute atomic E-state index is 0.763. The van der Waals surface area contributed by atoms with Crippen molar-refractivity contribution in [2.45, 2.75) is 57.9 Å². The van der Waals surface area contributed by atoms with Gasteiger partial charge in [-0.1, -0.05) is 6.42 Å². The molecule has 0 atom stereocenters. The second-order valence-electron chi connectivity index (χ2n) is 7.51. The van der Waals surface area contributed by atoms with E-state index in [9.17, 15) is 0 Å². The van der Waals surface area contributed by atoms with Crippen LogP contribution in [0.5, 0.6) is 0 Å². The number of likely N-dealkylation sites (N-methyl/N-ethyl adjacent to an activating group) is 1. The highest BCUT2D eigenvalue weighted by atomic mass is 16.5. The Morgan fingerprint density at radius 2 is 2.19 bits per heavy atom. The van der Waals surface area contributed by atoms with E-state index >= 15 is 0 Å². The van der Waals surface area contributed by atoms with E-state index in [4.69, 9.17) is 4.74 Å². The SMILES string of the molecule is CN=C(NCCCc1nnc2n1CCCCC2)N(C)CCOCC1CC1. The number of hydrogen-bond acceptors (Lipinski definition) is 4. The molecule has 0 saturated heterocycles. The van der Waals surface area contributed by atoms with Crippen molar-refractivity contribution in [2.75, 3.05) is 40.4 Å². The van der Waals surface area contributed by atoms with Crippen LogP contribution < -0.4 is 5.32 Å². The molecule has 1 aliphatic carbocycles. The molecule has 1 fully saturated rings. The molecular formula is C19H34N6O. The van der Waals surface area contributed by atoms with E-state index in [1.54, 1.807) is 0 Å². The first-order chi connectivity index (χ1) is 12.8. The van der Waals surface area contributed by atoms with Crippen molar-refractivity contribution in [2.24, 2.45) is 10.9 Å². The lowest BCUT2D eigenvalue weighted by Gasteiger charge is -2.22. The number of fused-ring (bicyclic) bond motifs is 1. The van der Waals surface area contributed by atoms with Crippen molar-refractivity contribution in [1.29, 1.82) is 0 Å². The van der Waals surface area contributed by atoms with Gasteiger partial charge < -0.3 is 19.5 Å². The fourth-order valence-corrected chi connectivity index (χ4v) is 3.40. The standard InChI is InChI=1S/C19H34N6O/c1-20-19(24(2)13-14-26-15-16-9-10-16)21-11-6-8-18-23-22-17-7-4-3-5-12-25(17)18/h16H,3-15H2,1-2H3,(H,20,21). The molecule has 3 rings (SSSR count). The van der Waals surface area contributed by atoms with Crippen molar-refractivity contribution in [3.8, 4) is 0 Å². The Hall–Kier alpha value is -1.63. The van der Waals surface area contributed by atoms with E-state index in [0.29, 0.717) is 0 Å². The average Bonchev–Trinajstić information content (AvgIpc) is 3.44. The maximum absolute atomic E-state index is 5.72. The maximum Gasteiger partial charge on any atom is 0.193 e. The highest BCUT2D eigenvalue weighted by Gasteiger charge is 2.21. The van der Waals surface area contributed by atoms with Gasteiger partial charge in [0, 0.05) is 53.2 Å². The summed E-state index contributed by atoms with van der Waals surface area (Å²) in [6, 6.07) is 0. The van der Waals surface area contributed by atoms with Crippen LogP contribution in [-0.2, 0) is 24.1 Å². The van der Waals surface area contributed by atoms with E-state index in [0.717, 1.165) is 69.8 Å². The highest BCUT2D eigenvalue weighted by molar-refractivity contribution is 5.79. The van der Waals surface area contributed by atoms with E-state index in [-0.39, 0.29) is 0 Å². The van der Waals surface area contributed by atoms with Crippen molar-refractivity contribution in [3.63, 3.8) is 0 Å². The Balaban J connectivity index is 1.34. The Morgan fingerprint density at radius 1 is 1.31 bits per heavy atom. The predicted octanol–water partition coefficient (Wildman–Crippen LogP) is 1.87. The first-order valence-electron chi connectivity index (χ1n) is 10.2. The fourth-order valence-electron chi connectivity index (χ4n) is 3.40. The molecule has 1 aromatic heterocycles. The third-order valence-electron chi connectivity index (χ3n) is 5.24. The van der Waals surface area contributed by atoms with Gasteiger partial charge in [-0.05, 0) is 38.0 Å². The van der Waals surface area contributed by atoms with E-state index in [2.05, 4.69) is 37.0 Å². The minimum Gasteiger partial charge on any atom is -0.379 e. The number of hydrogen-bond donors (Lipinski definition) is 1. The Labute approximate surface area is 157 Å². The van der Waals surface area contributed by atoms with Crippen LogP contribution in [-0.4, -0.2) is 66.0 Å². The molecule has 0 aromatic carbocycles. The summed E-state index contributed by atoms with van der Waals surface area (Å²) in [5.41, 5.74) is 0. The summed E-state index contributed by atoms with van der Waals surface area (Å²) in [7, 11) is 3.90. The molecule has 26 heavy (non-hydrogen) atoms. The number of aliphatic imine (C=N–C) groups is 1. The topological polar surface area (TPSA) is 67.6 Å². The number of rotatable bonds is 9. The summed E-state index contributed by atoms with van der Waals surface area (Å²) in [5, 5.41) is 12.2. The summed E-state index contributed by atoms with van der Waals surface area (Å²) in [6.07, 6.45) is 9.54. The zero-order valence-corrected chi connectivity index (χ0v) is 16.4. The largest absolute Gasteiger partial charge is 0.379 e. The number of nitrogens with zero attached hydrogens (tertiary/aromatic N) is 5. The van der Waals surface area contributed by atoms with Gasteiger partial charge in [-0.15, -0.1) is 10.2 Å². The number of aryl methyl sites for hydroxylation is 2. The molecule has 7 nitrogen and oxygen atoms in total. The summed E-state index contributed by atoms with van der Waals surface area (Å²) in [6.45, 7) is 4.52. The Morgan fingerprint density at radius 3 is 3.00 bits per heavy atom. The molecule has 1 saturated carbocycles. The molecule has 0 amide bonds. The van der Waals surface area contributed by atoms with Crippen LogP contribution in [0.2, 0.25) is 0 Å². The molecule has 7 heteroatoms. The summed E-state index contributed by atoms with van der Waals surface area (Å²) >= 11 is 0. The molecule has 0 bridgehead atoms. The molecule has 146 valence electrons. The first-order valence-corrected chi connectivity index (χ1v) is 10.2. The second-order valence-corrected chi connectivity index (χ2v) is 7.51. The molecule has 0 spiro atoms. The molecule has 0 radical (unpaired) electrons. The third kappa shape index (κ3) is 5.69. The summed E-state index contributed by atoms with van der Waals surface area (Å²) in [5.74, 6) is 4.07. The summed E-state index contributed by atoms with van der Waals surface area (Å²) in [4.78, 5) is 6.51. The molecule has 1 aromatic rings. The van der Waals surface area contributed by atoms with Gasteiger partial charge in [0.25, 0.3) is 0 Å². The third-order valence-corrected chi connectivity index (χ3v) is 5.24. The first kappa shape index (κ1) is 19.1. The van der Waals surface area contributed by atoms with Gasteiger partial charge in [-0.3, -0.25) is 4.99 Å². The fraction of sp³-hybridized carbons (Fsp3) is 0.842. The molecule has 1 N–H and O–H groups in total. The number of nitrogens with one attached hydrogen (secondary N) is 1. The smallest absolute Gasteiger partial charge is 0.193 e. The normalized spacial score (nSPS) is 17.7. The Kier molecular flexibility index (Phi) is 7.29. The lowest BCUT2D eigenvalue weighted by atomic mass is 10.2. The second kappa shape index (κ2) is 9.90. The van der Waals surface area contributed by atoms with Gasteiger partial charge >= 0.3 is 0 Å². The molecule has 2 aliphatic rings. The molecule has 2 heterocycles. The van der Waals surface area contributed by atoms with Crippen molar-refractivity contribution in [3.05, 3.63) is 11.6 Å². The molecular weight excluding hydrogens is 328 g/mol. The number of ether oxygens (including phenoxy) is 1. The van der Waals surface area contributed by atoms with E-state index < -0.39 is 0 Å². The van der Waals surface area contributed by atoms with Gasteiger partial charge in [0.15, 0.2) is 5.96 Å². The summed E-state index contributed by atoms with van der Waals surface area (Å²) < 4.78 is 8.06. The lowest BCUT2D eigenvalue weighted by Crippen LogP contribution is -2.41. The average molecular weight is 363 g/mol. The zero-order valence-electron chi connectivity index (χ0n) is 16.4. The lowest BCUT2D eigenvalue weighted by molar-refractivity contribution is 0.115. The molecule has 0 unspecified atom stereocenters.